The van der Waals surface area contributed by atoms with Crippen LogP contribution in [-0.2, 0) is 29.0 Å². The lowest BCUT2D eigenvalue weighted by molar-refractivity contribution is -0.127. The van der Waals surface area contributed by atoms with Gasteiger partial charge in [-0.05, 0) is 18.0 Å². The van der Waals surface area contributed by atoms with E-state index in [1.54, 1.807) is 0 Å². The molecular formula is C21H28N4O2S. The van der Waals surface area contributed by atoms with Gasteiger partial charge in [-0.25, -0.2) is 4.98 Å². The number of rotatable bonds is 7. The Hall–Kier alpha value is -2.25. The Morgan fingerprint density at radius 3 is 2.68 bits per heavy atom. The second-order valence-electron chi connectivity index (χ2n) is 7.45. The van der Waals surface area contributed by atoms with E-state index in [0.717, 1.165) is 37.3 Å². The van der Waals surface area contributed by atoms with Gasteiger partial charge >= 0.3 is 0 Å². The Balaban J connectivity index is 1.62. The van der Waals surface area contributed by atoms with Crippen LogP contribution in [0, 0.1) is 5.92 Å². The molecule has 7 heteroatoms. The van der Waals surface area contributed by atoms with Crippen molar-refractivity contribution in [3.8, 4) is 0 Å². The predicted octanol–water partition coefficient (Wildman–Crippen LogP) is 2.84. The molecule has 2 N–H and O–H groups in total. The molecule has 1 unspecified atom stereocenters. The fourth-order valence-electron chi connectivity index (χ4n) is 3.30. The van der Waals surface area contributed by atoms with Crippen LogP contribution in [0.1, 0.15) is 36.9 Å². The van der Waals surface area contributed by atoms with Crippen LogP contribution in [0.15, 0.2) is 30.3 Å². The summed E-state index contributed by atoms with van der Waals surface area (Å²) in [5.41, 5.74) is 2.01. The molecule has 0 spiro atoms. The molecule has 1 aromatic heterocycles. The summed E-state index contributed by atoms with van der Waals surface area (Å²) in [6.07, 6.45) is 1.17. The van der Waals surface area contributed by atoms with Gasteiger partial charge in [0.25, 0.3) is 0 Å². The third-order valence-corrected chi connectivity index (χ3v) is 5.96. The highest BCUT2D eigenvalue weighted by atomic mass is 32.1. The van der Waals surface area contributed by atoms with Gasteiger partial charge in [-0.3, -0.25) is 14.5 Å². The van der Waals surface area contributed by atoms with E-state index in [-0.39, 0.29) is 24.2 Å². The molecule has 1 atom stereocenters. The Morgan fingerprint density at radius 2 is 2.00 bits per heavy atom. The Kier molecular flexibility index (Phi) is 6.80. The second-order valence-corrected chi connectivity index (χ2v) is 8.53. The van der Waals surface area contributed by atoms with Crippen molar-refractivity contribution < 1.29 is 9.59 Å². The van der Waals surface area contributed by atoms with Crippen LogP contribution in [0.2, 0.25) is 0 Å². The highest BCUT2D eigenvalue weighted by molar-refractivity contribution is 7.15. The normalized spacial score (nSPS) is 15.1. The molecule has 3 rings (SSSR count). The van der Waals surface area contributed by atoms with Gasteiger partial charge in [-0.1, -0.05) is 51.1 Å². The van der Waals surface area contributed by atoms with Crippen LogP contribution < -0.4 is 10.6 Å². The fraction of sp³-hybridized carbons (Fsp3) is 0.476. The second kappa shape index (κ2) is 9.30. The van der Waals surface area contributed by atoms with Crippen LogP contribution in [0.3, 0.4) is 0 Å². The van der Waals surface area contributed by atoms with Crippen molar-refractivity contribution in [2.24, 2.45) is 5.92 Å². The average molecular weight is 401 g/mol. The molecule has 0 saturated heterocycles. The van der Waals surface area contributed by atoms with Gasteiger partial charge in [0.05, 0.1) is 12.1 Å². The number of nitrogens with zero attached hydrogens (tertiary/aromatic N) is 2. The zero-order valence-electron chi connectivity index (χ0n) is 16.7. The molecule has 1 aliphatic heterocycles. The van der Waals surface area contributed by atoms with Crippen molar-refractivity contribution in [1.29, 1.82) is 0 Å². The smallest absolute Gasteiger partial charge is 0.248 e. The number of hydrogen-bond donors (Lipinski definition) is 2. The van der Waals surface area contributed by atoms with E-state index in [2.05, 4.69) is 27.4 Å². The summed E-state index contributed by atoms with van der Waals surface area (Å²) in [4.78, 5) is 33.4. The molecule has 6 nitrogen and oxygen atoms in total. The van der Waals surface area contributed by atoms with Gasteiger partial charge in [0, 0.05) is 24.4 Å². The number of benzene rings is 1. The maximum Gasteiger partial charge on any atom is 0.248 e. The Labute approximate surface area is 170 Å². The lowest BCUT2D eigenvalue weighted by atomic mass is 10.0. The first-order valence-electron chi connectivity index (χ1n) is 9.81. The number of amides is 2. The number of hydrogen-bond acceptors (Lipinski definition) is 5. The van der Waals surface area contributed by atoms with E-state index >= 15 is 0 Å². The number of likely N-dealkylation sites (N-methyl/N-ethyl adjacent to an activating group) is 1. The molecule has 2 aromatic rings. The minimum atomic E-state index is -0.593. The predicted molar refractivity (Wildman–Crippen MR) is 112 cm³/mol. The lowest BCUT2D eigenvalue weighted by Crippen LogP contribution is -2.47. The van der Waals surface area contributed by atoms with Gasteiger partial charge in [-0.2, -0.15) is 0 Å². The Bertz CT molecular complexity index is 819. The topological polar surface area (TPSA) is 74.3 Å². The van der Waals surface area contributed by atoms with Crippen LogP contribution >= 0.6 is 11.3 Å². The first-order chi connectivity index (χ1) is 13.5. The molecule has 28 heavy (non-hydrogen) atoms. The van der Waals surface area contributed by atoms with E-state index in [1.165, 1.54) is 16.2 Å². The number of nitrogens with one attached hydrogen (secondary N) is 2. The molecule has 0 saturated carbocycles. The van der Waals surface area contributed by atoms with E-state index in [1.807, 2.05) is 44.2 Å². The van der Waals surface area contributed by atoms with Gasteiger partial charge < -0.3 is 10.6 Å². The van der Waals surface area contributed by atoms with Crippen molar-refractivity contribution in [2.45, 2.75) is 46.2 Å². The van der Waals surface area contributed by atoms with E-state index in [4.69, 9.17) is 0 Å². The number of anilines is 1. The van der Waals surface area contributed by atoms with Crippen molar-refractivity contribution in [3.63, 3.8) is 0 Å². The van der Waals surface area contributed by atoms with Crippen molar-refractivity contribution >= 4 is 28.3 Å². The highest BCUT2D eigenvalue weighted by Crippen LogP contribution is 2.28. The average Bonchev–Trinajstić information content (AvgIpc) is 3.07. The highest BCUT2D eigenvalue weighted by Gasteiger charge is 2.26. The quantitative estimate of drug-likeness (QED) is 0.750. The molecule has 1 aliphatic rings. The van der Waals surface area contributed by atoms with Crippen molar-refractivity contribution in [3.05, 3.63) is 46.5 Å². The van der Waals surface area contributed by atoms with Crippen LogP contribution in [0.5, 0.6) is 0 Å². The summed E-state index contributed by atoms with van der Waals surface area (Å²) in [5, 5.41) is 6.42. The Morgan fingerprint density at radius 1 is 1.25 bits per heavy atom. The summed E-state index contributed by atoms with van der Waals surface area (Å²) in [5.74, 6) is -0.392. The van der Waals surface area contributed by atoms with Gasteiger partial charge in [0.1, 0.15) is 6.04 Å². The summed E-state index contributed by atoms with van der Waals surface area (Å²) in [6, 6.07) is 8.94. The first-order valence-corrected chi connectivity index (χ1v) is 10.6. The van der Waals surface area contributed by atoms with Crippen molar-refractivity contribution in [1.82, 2.24) is 15.2 Å². The maximum atomic E-state index is 12.8. The minimum absolute atomic E-state index is 0.0232. The molecule has 0 bridgehead atoms. The third-order valence-electron chi connectivity index (χ3n) is 4.96. The molecule has 150 valence electrons. The molecule has 0 aliphatic carbocycles. The summed E-state index contributed by atoms with van der Waals surface area (Å²) >= 11 is 1.54. The molecular weight excluding hydrogens is 372 g/mol. The summed E-state index contributed by atoms with van der Waals surface area (Å²) in [7, 11) is 0. The third kappa shape index (κ3) is 5.17. The largest absolute Gasteiger partial charge is 0.344 e. The lowest BCUT2D eigenvalue weighted by Gasteiger charge is -2.23. The first kappa shape index (κ1) is 20.5. The zero-order chi connectivity index (χ0) is 20.1. The standard InChI is InChI=1S/C21H28N4O2S/c1-4-25-11-10-16-17(13-25)28-21(22-16)24-20(27)19(14(2)3)23-18(26)12-15-8-6-5-7-9-15/h5-9,14,19H,4,10-13H2,1-3H3,(H,23,26)(H,22,24,27). The molecule has 2 heterocycles. The SMILES string of the molecule is CCN1CCc2nc(NC(=O)C(NC(=O)Cc3ccccc3)C(C)C)sc2C1. The van der Waals surface area contributed by atoms with E-state index in [0.29, 0.717) is 5.13 Å². The van der Waals surface area contributed by atoms with Crippen LogP contribution in [0.4, 0.5) is 5.13 Å². The van der Waals surface area contributed by atoms with E-state index < -0.39 is 6.04 Å². The zero-order valence-corrected chi connectivity index (χ0v) is 17.5. The minimum Gasteiger partial charge on any atom is -0.344 e. The van der Waals surface area contributed by atoms with Crippen molar-refractivity contribution in [2.75, 3.05) is 18.4 Å². The summed E-state index contributed by atoms with van der Waals surface area (Å²) < 4.78 is 0. The van der Waals surface area contributed by atoms with Gasteiger partial charge in [0.15, 0.2) is 5.13 Å². The van der Waals surface area contributed by atoms with Gasteiger partial charge in [-0.15, -0.1) is 11.3 Å². The van der Waals surface area contributed by atoms with Crippen LogP contribution in [0.25, 0.3) is 0 Å². The van der Waals surface area contributed by atoms with Gasteiger partial charge in [0.2, 0.25) is 11.8 Å². The molecule has 0 fully saturated rings. The number of thiazole rings is 1. The molecule has 1 aromatic carbocycles. The van der Waals surface area contributed by atoms with E-state index in [9.17, 15) is 9.59 Å². The number of fused-ring (bicyclic) bond motifs is 1. The number of carbonyl (C=O) groups excluding carboxylic acids is 2. The summed E-state index contributed by atoms with van der Waals surface area (Å²) in [6.45, 7) is 8.92. The fourth-order valence-corrected chi connectivity index (χ4v) is 4.35. The molecule has 2 amide bonds. The van der Waals surface area contributed by atoms with Crippen LogP contribution in [-0.4, -0.2) is 40.8 Å². The molecule has 0 radical (unpaired) electrons. The maximum absolute atomic E-state index is 12.8. The monoisotopic (exact) mass is 400 g/mol. The number of aromatic nitrogens is 1. The number of carbonyl (C=O) groups is 2.